The number of hydrogen-bond donors (Lipinski definition) is 1. The van der Waals surface area contributed by atoms with E-state index in [1.165, 1.54) is 9.88 Å². The van der Waals surface area contributed by atoms with Crippen molar-refractivity contribution in [2.24, 2.45) is 5.73 Å². The van der Waals surface area contributed by atoms with E-state index >= 15 is 0 Å². The third-order valence-corrected chi connectivity index (χ3v) is 3.65. The van der Waals surface area contributed by atoms with Gasteiger partial charge in [-0.1, -0.05) is 20.8 Å². The molecule has 80 valence electrons. The van der Waals surface area contributed by atoms with Gasteiger partial charge in [0.05, 0.1) is 10.7 Å². The summed E-state index contributed by atoms with van der Waals surface area (Å²) in [4.78, 5) is 5.94. The molecule has 0 radical (unpaired) electrons. The van der Waals surface area contributed by atoms with Crippen molar-refractivity contribution in [3.05, 3.63) is 15.6 Å². The van der Waals surface area contributed by atoms with E-state index in [0.717, 1.165) is 12.1 Å². The molecular formula is C11H20N2S. The topological polar surface area (TPSA) is 38.9 Å². The van der Waals surface area contributed by atoms with Crippen LogP contribution < -0.4 is 5.73 Å². The molecule has 1 unspecified atom stereocenters. The van der Waals surface area contributed by atoms with Gasteiger partial charge in [-0.25, -0.2) is 4.98 Å². The fourth-order valence-corrected chi connectivity index (χ4v) is 2.49. The molecule has 0 fully saturated rings. The molecule has 3 heteroatoms. The molecule has 0 saturated carbocycles. The Morgan fingerprint density at radius 2 is 2.00 bits per heavy atom. The first-order valence-corrected chi connectivity index (χ1v) is 5.84. The van der Waals surface area contributed by atoms with Gasteiger partial charge in [-0.2, -0.15) is 0 Å². The van der Waals surface area contributed by atoms with Gasteiger partial charge in [0.15, 0.2) is 0 Å². The van der Waals surface area contributed by atoms with Gasteiger partial charge in [-0.15, -0.1) is 11.3 Å². The van der Waals surface area contributed by atoms with Crippen molar-refractivity contribution in [2.75, 3.05) is 0 Å². The van der Waals surface area contributed by atoms with Gasteiger partial charge in [-0.05, 0) is 20.3 Å². The predicted molar refractivity (Wildman–Crippen MR) is 62.9 cm³/mol. The fourth-order valence-electron chi connectivity index (χ4n) is 1.23. The minimum absolute atomic E-state index is 0.158. The first kappa shape index (κ1) is 11.7. The van der Waals surface area contributed by atoms with Crippen LogP contribution in [0.15, 0.2) is 0 Å². The third-order valence-electron chi connectivity index (χ3n) is 2.04. The SMILES string of the molecule is Cc1nc(C(C)(C)C)sc1CC(C)N. The molecule has 0 saturated heterocycles. The number of hydrogen-bond acceptors (Lipinski definition) is 3. The first-order chi connectivity index (χ1) is 6.30. The molecule has 14 heavy (non-hydrogen) atoms. The number of nitrogens with two attached hydrogens (primary N) is 1. The molecule has 2 N–H and O–H groups in total. The van der Waals surface area contributed by atoms with Crippen LogP contribution in [-0.4, -0.2) is 11.0 Å². The molecule has 0 aliphatic carbocycles. The van der Waals surface area contributed by atoms with Gasteiger partial charge in [-0.3, -0.25) is 0 Å². The lowest BCUT2D eigenvalue weighted by molar-refractivity contribution is 0.584. The van der Waals surface area contributed by atoms with Crippen LogP contribution in [0.1, 0.15) is 43.3 Å². The van der Waals surface area contributed by atoms with Gasteiger partial charge in [0.1, 0.15) is 0 Å². The Morgan fingerprint density at radius 1 is 1.43 bits per heavy atom. The molecule has 0 bridgehead atoms. The van der Waals surface area contributed by atoms with Crippen LogP contribution in [0.3, 0.4) is 0 Å². The van der Waals surface area contributed by atoms with Crippen molar-refractivity contribution < 1.29 is 0 Å². The number of thiazole rings is 1. The van der Waals surface area contributed by atoms with Crippen molar-refractivity contribution in [1.29, 1.82) is 0 Å². The average molecular weight is 212 g/mol. The van der Waals surface area contributed by atoms with Crippen molar-refractivity contribution in [3.63, 3.8) is 0 Å². The Bertz CT molecular complexity index is 308. The molecular weight excluding hydrogens is 192 g/mol. The highest BCUT2D eigenvalue weighted by molar-refractivity contribution is 7.11. The van der Waals surface area contributed by atoms with Crippen LogP contribution in [0.4, 0.5) is 0 Å². The highest BCUT2D eigenvalue weighted by atomic mass is 32.1. The molecule has 0 aromatic carbocycles. The third kappa shape index (κ3) is 2.79. The highest BCUT2D eigenvalue weighted by Crippen LogP contribution is 2.29. The number of aryl methyl sites for hydroxylation is 1. The molecule has 1 aromatic heterocycles. The van der Waals surface area contributed by atoms with Gasteiger partial charge in [0, 0.05) is 16.3 Å². The average Bonchev–Trinajstić information content (AvgIpc) is 2.30. The summed E-state index contributed by atoms with van der Waals surface area (Å²) in [6, 6.07) is 0.224. The molecule has 0 amide bonds. The highest BCUT2D eigenvalue weighted by Gasteiger charge is 2.20. The minimum atomic E-state index is 0.158. The van der Waals surface area contributed by atoms with Crippen LogP contribution in [0.2, 0.25) is 0 Å². The van der Waals surface area contributed by atoms with E-state index in [-0.39, 0.29) is 11.5 Å². The largest absolute Gasteiger partial charge is 0.328 e. The summed E-state index contributed by atoms with van der Waals surface area (Å²) in [6.07, 6.45) is 0.944. The second-order valence-electron chi connectivity index (χ2n) is 4.96. The fraction of sp³-hybridized carbons (Fsp3) is 0.727. The minimum Gasteiger partial charge on any atom is -0.328 e. The van der Waals surface area contributed by atoms with Crippen molar-refractivity contribution in [1.82, 2.24) is 4.98 Å². The van der Waals surface area contributed by atoms with E-state index in [1.807, 2.05) is 6.92 Å². The first-order valence-electron chi connectivity index (χ1n) is 5.03. The normalized spacial score (nSPS) is 14.4. The number of nitrogens with zero attached hydrogens (tertiary/aromatic N) is 1. The van der Waals surface area contributed by atoms with Crippen molar-refractivity contribution >= 4 is 11.3 Å². The summed E-state index contributed by atoms with van der Waals surface area (Å²) in [5, 5.41) is 1.21. The quantitative estimate of drug-likeness (QED) is 0.818. The molecule has 1 atom stereocenters. The molecule has 1 rings (SSSR count). The summed E-state index contributed by atoms with van der Waals surface area (Å²) in [7, 11) is 0. The van der Waals surface area contributed by atoms with Crippen molar-refractivity contribution in [3.8, 4) is 0 Å². The van der Waals surface area contributed by atoms with E-state index in [9.17, 15) is 0 Å². The Morgan fingerprint density at radius 3 is 2.36 bits per heavy atom. The maximum Gasteiger partial charge on any atom is 0.0984 e. The van der Waals surface area contributed by atoms with Gasteiger partial charge < -0.3 is 5.73 Å². The molecule has 2 nitrogen and oxygen atoms in total. The smallest absolute Gasteiger partial charge is 0.0984 e. The summed E-state index contributed by atoms with van der Waals surface area (Å²) in [6.45, 7) is 10.7. The number of rotatable bonds is 2. The Labute approximate surface area is 90.6 Å². The van der Waals surface area contributed by atoms with Crippen LogP contribution >= 0.6 is 11.3 Å². The predicted octanol–water partition coefficient (Wildman–Crippen LogP) is 2.64. The number of aromatic nitrogens is 1. The van der Waals surface area contributed by atoms with E-state index in [0.29, 0.717) is 0 Å². The second kappa shape index (κ2) is 3.99. The zero-order valence-corrected chi connectivity index (χ0v) is 10.5. The molecule has 0 aliphatic heterocycles. The lowest BCUT2D eigenvalue weighted by atomic mass is 9.98. The Kier molecular flexibility index (Phi) is 3.32. The van der Waals surface area contributed by atoms with Crippen LogP contribution in [-0.2, 0) is 11.8 Å². The van der Waals surface area contributed by atoms with E-state index < -0.39 is 0 Å². The van der Waals surface area contributed by atoms with Gasteiger partial charge in [0.2, 0.25) is 0 Å². The summed E-state index contributed by atoms with van der Waals surface area (Å²) in [5.41, 5.74) is 7.10. The standard InChI is InChI=1S/C11H20N2S/c1-7(12)6-9-8(2)13-10(14-9)11(3,4)5/h7H,6,12H2,1-5H3. The van der Waals surface area contributed by atoms with Crippen molar-refractivity contribution in [2.45, 2.75) is 52.5 Å². The van der Waals surface area contributed by atoms with E-state index in [1.54, 1.807) is 11.3 Å². The molecule has 0 aliphatic rings. The molecule has 1 aromatic rings. The van der Waals surface area contributed by atoms with E-state index in [4.69, 9.17) is 5.73 Å². The maximum atomic E-state index is 5.79. The zero-order chi connectivity index (χ0) is 10.9. The van der Waals surface area contributed by atoms with E-state index in [2.05, 4.69) is 32.7 Å². The summed E-state index contributed by atoms with van der Waals surface area (Å²) < 4.78 is 0. The lowest BCUT2D eigenvalue weighted by Crippen LogP contribution is -2.17. The molecule has 0 spiro atoms. The molecule has 1 heterocycles. The summed E-state index contributed by atoms with van der Waals surface area (Å²) in [5.74, 6) is 0. The lowest BCUT2D eigenvalue weighted by Gasteiger charge is -2.13. The van der Waals surface area contributed by atoms with Crippen LogP contribution in [0.25, 0.3) is 0 Å². The van der Waals surface area contributed by atoms with Crippen LogP contribution in [0.5, 0.6) is 0 Å². The maximum absolute atomic E-state index is 5.79. The van der Waals surface area contributed by atoms with Crippen LogP contribution in [0, 0.1) is 6.92 Å². The second-order valence-corrected chi connectivity index (χ2v) is 6.04. The summed E-state index contributed by atoms with van der Waals surface area (Å²) >= 11 is 1.80. The van der Waals surface area contributed by atoms with Gasteiger partial charge >= 0.3 is 0 Å². The Balaban J connectivity index is 2.94. The van der Waals surface area contributed by atoms with Gasteiger partial charge in [0.25, 0.3) is 0 Å². The monoisotopic (exact) mass is 212 g/mol. The zero-order valence-electron chi connectivity index (χ0n) is 9.72. The Hall–Kier alpha value is -0.410.